The smallest absolute Gasteiger partial charge is 0.253 e. The number of methoxy groups -OCH3 is 1. The molecule has 1 aromatic heterocycles. The summed E-state index contributed by atoms with van der Waals surface area (Å²) in [5.41, 5.74) is 4.93. The standard InChI is InChI=1S/C15H15BrFN5O2/c1-24-5-4-18-11-7-19-20-13(11)14-12(15(23)22-21-14)8-2-3-10(17)9(16)6-8/h2-3,6-7,12,18H,4-5H2,1H3,(H,19,20)(H,22,23). The number of ether oxygens (including phenoxy) is 1. The van der Waals surface area contributed by atoms with Gasteiger partial charge in [-0.2, -0.15) is 10.2 Å². The molecule has 126 valence electrons. The molecule has 0 radical (unpaired) electrons. The second kappa shape index (κ2) is 7.10. The zero-order chi connectivity index (χ0) is 17.1. The van der Waals surface area contributed by atoms with E-state index in [1.165, 1.54) is 6.07 Å². The highest BCUT2D eigenvalue weighted by molar-refractivity contribution is 9.10. The number of carbonyl (C=O) groups excluding carboxylic acids is 1. The van der Waals surface area contributed by atoms with Crippen molar-refractivity contribution >= 4 is 33.2 Å². The molecular weight excluding hydrogens is 381 g/mol. The molecule has 0 fully saturated rings. The van der Waals surface area contributed by atoms with E-state index in [0.29, 0.717) is 40.3 Å². The molecule has 1 amide bonds. The van der Waals surface area contributed by atoms with Crippen LogP contribution in [0.5, 0.6) is 0 Å². The van der Waals surface area contributed by atoms with E-state index in [1.807, 2.05) is 0 Å². The van der Waals surface area contributed by atoms with Crippen molar-refractivity contribution in [1.29, 1.82) is 0 Å². The van der Waals surface area contributed by atoms with Crippen molar-refractivity contribution in [3.8, 4) is 0 Å². The van der Waals surface area contributed by atoms with Crippen LogP contribution in [0.25, 0.3) is 0 Å². The quantitative estimate of drug-likeness (QED) is 0.652. The summed E-state index contributed by atoms with van der Waals surface area (Å²) in [5.74, 6) is -1.31. The summed E-state index contributed by atoms with van der Waals surface area (Å²) in [6.07, 6.45) is 1.62. The molecule has 7 nitrogen and oxygen atoms in total. The van der Waals surface area contributed by atoms with E-state index >= 15 is 0 Å². The molecule has 0 spiro atoms. The summed E-state index contributed by atoms with van der Waals surface area (Å²) in [4.78, 5) is 12.2. The van der Waals surface area contributed by atoms with Gasteiger partial charge in [0.05, 0.1) is 23.0 Å². The summed E-state index contributed by atoms with van der Waals surface area (Å²) in [6, 6.07) is 4.46. The van der Waals surface area contributed by atoms with Crippen molar-refractivity contribution in [2.45, 2.75) is 5.92 Å². The molecule has 0 saturated heterocycles. The normalized spacial score (nSPS) is 16.9. The number of nitrogens with zero attached hydrogens (tertiary/aromatic N) is 2. The molecule has 1 aliphatic rings. The first-order valence-electron chi connectivity index (χ1n) is 7.20. The third kappa shape index (κ3) is 3.17. The lowest BCUT2D eigenvalue weighted by Crippen LogP contribution is -2.22. The van der Waals surface area contributed by atoms with Crippen LogP contribution in [0.1, 0.15) is 17.2 Å². The molecule has 1 unspecified atom stereocenters. The number of amides is 1. The predicted octanol–water partition coefficient (Wildman–Crippen LogP) is 1.99. The molecular formula is C15H15BrFN5O2. The van der Waals surface area contributed by atoms with Gasteiger partial charge in [0.1, 0.15) is 23.1 Å². The van der Waals surface area contributed by atoms with E-state index in [9.17, 15) is 9.18 Å². The van der Waals surface area contributed by atoms with Crippen LogP contribution in [0.3, 0.4) is 0 Å². The highest BCUT2D eigenvalue weighted by Crippen LogP contribution is 2.30. The van der Waals surface area contributed by atoms with Crippen LogP contribution in [-0.4, -0.2) is 42.1 Å². The SMILES string of the molecule is COCCNc1cn[nH]c1C1=NNC(=O)C1c1ccc(F)c(Br)c1. The number of hydrogen-bond acceptors (Lipinski definition) is 5. The van der Waals surface area contributed by atoms with Crippen LogP contribution >= 0.6 is 15.9 Å². The van der Waals surface area contributed by atoms with Crippen LogP contribution in [0.2, 0.25) is 0 Å². The van der Waals surface area contributed by atoms with Gasteiger partial charge in [-0.3, -0.25) is 9.89 Å². The average molecular weight is 396 g/mol. The van der Waals surface area contributed by atoms with Gasteiger partial charge >= 0.3 is 0 Å². The highest BCUT2D eigenvalue weighted by atomic mass is 79.9. The number of carbonyl (C=O) groups is 1. The molecule has 3 N–H and O–H groups in total. The molecule has 2 aromatic rings. The number of rotatable bonds is 6. The first-order valence-corrected chi connectivity index (χ1v) is 8.00. The summed E-state index contributed by atoms with van der Waals surface area (Å²) in [6.45, 7) is 1.12. The molecule has 1 atom stereocenters. The lowest BCUT2D eigenvalue weighted by atomic mass is 9.92. The van der Waals surface area contributed by atoms with Gasteiger partial charge in [0.15, 0.2) is 0 Å². The van der Waals surface area contributed by atoms with E-state index in [2.05, 4.69) is 42.0 Å². The van der Waals surface area contributed by atoms with E-state index < -0.39 is 5.92 Å². The number of benzene rings is 1. The minimum Gasteiger partial charge on any atom is -0.383 e. The predicted molar refractivity (Wildman–Crippen MR) is 90.5 cm³/mol. The molecule has 0 bridgehead atoms. The van der Waals surface area contributed by atoms with Gasteiger partial charge in [-0.05, 0) is 33.6 Å². The van der Waals surface area contributed by atoms with Crippen LogP contribution in [0, 0.1) is 5.82 Å². The second-order valence-electron chi connectivity index (χ2n) is 5.16. The van der Waals surface area contributed by atoms with Gasteiger partial charge in [0, 0.05) is 13.7 Å². The second-order valence-corrected chi connectivity index (χ2v) is 6.01. The first-order chi connectivity index (χ1) is 11.6. The van der Waals surface area contributed by atoms with Crippen molar-refractivity contribution in [2.24, 2.45) is 5.10 Å². The van der Waals surface area contributed by atoms with E-state index in [1.54, 1.807) is 25.4 Å². The number of hydrazone groups is 1. The molecule has 3 rings (SSSR count). The maximum absolute atomic E-state index is 13.5. The lowest BCUT2D eigenvalue weighted by molar-refractivity contribution is -0.120. The van der Waals surface area contributed by atoms with Gasteiger partial charge in [-0.15, -0.1) is 0 Å². The third-order valence-corrected chi connectivity index (χ3v) is 4.22. The average Bonchev–Trinajstić information content (AvgIpc) is 3.17. The Morgan fingerprint density at radius 3 is 3.04 bits per heavy atom. The maximum atomic E-state index is 13.5. The summed E-state index contributed by atoms with van der Waals surface area (Å²) in [7, 11) is 1.62. The molecule has 2 heterocycles. The zero-order valence-corrected chi connectivity index (χ0v) is 14.4. The number of anilines is 1. The van der Waals surface area contributed by atoms with E-state index in [-0.39, 0.29) is 11.7 Å². The minimum atomic E-state index is -0.648. The maximum Gasteiger partial charge on any atom is 0.253 e. The van der Waals surface area contributed by atoms with Crippen molar-refractivity contribution in [3.05, 3.63) is 45.9 Å². The zero-order valence-electron chi connectivity index (χ0n) is 12.8. The van der Waals surface area contributed by atoms with Crippen molar-refractivity contribution in [3.63, 3.8) is 0 Å². The Bertz CT molecular complexity index is 792. The van der Waals surface area contributed by atoms with Crippen LogP contribution in [-0.2, 0) is 9.53 Å². The Hall–Kier alpha value is -2.26. The third-order valence-electron chi connectivity index (χ3n) is 3.62. The summed E-state index contributed by atoms with van der Waals surface area (Å²) >= 11 is 3.15. The summed E-state index contributed by atoms with van der Waals surface area (Å²) in [5, 5.41) is 14.2. The number of hydrogen-bond donors (Lipinski definition) is 3. The van der Waals surface area contributed by atoms with Gasteiger partial charge in [-0.1, -0.05) is 6.07 Å². The van der Waals surface area contributed by atoms with Crippen molar-refractivity contribution in [1.82, 2.24) is 15.6 Å². The fourth-order valence-electron chi connectivity index (χ4n) is 2.47. The monoisotopic (exact) mass is 395 g/mol. The van der Waals surface area contributed by atoms with E-state index in [0.717, 1.165) is 0 Å². The number of aromatic nitrogens is 2. The first kappa shape index (κ1) is 16.6. The van der Waals surface area contributed by atoms with Crippen LogP contribution in [0.4, 0.5) is 10.1 Å². The number of halogens is 2. The molecule has 1 aliphatic heterocycles. The molecule has 1 aromatic carbocycles. The minimum absolute atomic E-state index is 0.277. The van der Waals surface area contributed by atoms with E-state index in [4.69, 9.17) is 4.74 Å². The molecule has 9 heteroatoms. The Labute approximate surface area is 145 Å². The highest BCUT2D eigenvalue weighted by Gasteiger charge is 2.35. The molecule has 0 aliphatic carbocycles. The van der Waals surface area contributed by atoms with Crippen molar-refractivity contribution in [2.75, 3.05) is 25.6 Å². The van der Waals surface area contributed by atoms with Gasteiger partial charge in [0.25, 0.3) is 5.91 Å². The van der Waals surface area contributed by atoms with Gasteiger partial charge < -0.3 is 10.1 Å². The Balaban J connectivity index is 1.91. The number of nitrogens with one attached hydrogen (secondary N) is 3. The number of H-pyrrole nitrogens is 1. The summed E-state index contributed by atoms with van der Waals surface area (Å²) < 4.78 is 18.8. The molecule has 24 heavy (non-hydrogen) atoms. The van der Waals surface area contributed by atoms with Crippen LogP contribution < -0.4 is 10.7 Å². The Morgan fingerprint density at radius 2 is 2.29 bits per heavy atom. The van der Waals surface area contributed by atoms with Crippen LogP contribution in [0.15, 0.2) is 34.0 Å². The van der Waals surface area contributed by atoms with Crippen molar-refractivity contribution < 1.29 is 13.9 Å². The largest absolute Gasteiger partial charge is 0.383 e. The molecule has 0 saturated carbocycles. The van der Waals surface area contributed by atoms with Gasteiger partial charge in [-0.25, -0.2) is 9.82 Å². The fourth-order valence-corrected chi connectivity index (χ4v) is 2.87. The topological polar surface area (TPSA) is 91.4 Å². The lowest BCUT2D eigenvalue weighted by Gasteiger charge is -2.12. The number of aromatic amines is 1. The Kier molecular flexibility index (Phi) is 4.91. The fraction of sp³-hybridized carbons (Fsp3) is 0.267. The van der Waals surface area contributed by atoms with Gasteiger partial charge in [0.2, 0.25) is 0 Å². The Morgan fingerprint density at radius 1 is 1.46 bits per heavy atom.